The third-order valence-corrected chi connectivity index (χ3v) is 4.05. The average Bonchev–Trinajstić information content (AvgIpc) is 2.32. The topological polar surface area (TPSA) is 70.7 Å². The first kappa shape index (κ1) is 17.8. The van der Waals surface area contributed by atoms with Crippen LogP contribution in [0.1, 0.15) is 12.8 Å². The highest BCUT2D eigenvalue weighted by Crippen LogP contribution is 1.93. The summed E-state index contributed by atoms with van der Waals surface area (Å²) in [5, 5.41) is 3.00. The Hall–Kier alpha value is -0.210. The minimum absolute atomic E-state index is 0.205. The Morgan fingerprint density at radius 1 is 1.17 bits per heavy atom. The highest BCUT2D eigenvalue weighted by atomic mass is 32.2. The molecule has 0 unspecified atom stereocenters. The van der Waals surface area contributed by atoms with Crippen molar-refractivity contribution in [1.82, 2.24) is 14.9 Å². The molecule has 0 fully saturated rings. The van der Waals surface area contributed by atoms with Gasteiger partial charge in [0, 0.05) is 26.7 Å². The molecule has 110 valence electrons. The molecular formula is C11H27N3O3S. The molecule has 0 spiro atoms. The molecule has 0 saturated carbocycles. The number of nitrogens with one attached hydrogen (secondary N) is 2. The maximum Gasteiger partial charge on any atom is 0.211 e. The van der Waals surface area contributed by atoms with Crippen LogP contribution < -0.4 is 10.0 Å². The standard InChI is InChI=1S/C11H27N3O3S/c1-12-6-4-5-11-18(15,16)13-7-8-14(2)9-10-17-3/h12-13H,4-11H2,1-3H3. The lowest BCUT2D eigenvalue weighted by molar-refractivity contribution is 0.162. The van der Waals surface area contributed by atoms with Crippen molar-refractivity contribution >= 4 is 10.0 Å². The molecule has 0 aromatic rings. The van der Waals surface area contributed by atoms with E-state index in [0.29, 0.717) is 26.1 Å². The van der Waals surface area contributed by atoms with Gasteiger partial charge in [-0.05, 0) is 33.5 Å². The van der Waals surface area contributed by atoms with E-state index in [2.05, 4.69) is 10.0 Å². The monoisotopic (exact) mass is 281 g/mol. The maximum absolute atomic E-state index is 11.6. The van der Waals surface area contributed by atoms with Crippen molar-refractivity contribution in [2.24, 2.45) is 0 Å². The Morgan fingerprint density at radius 2 is 1.89 bits per heavy atom. The smallest absolute Gasteiger partial charge is 0.211 e. The van der Waals surface area contributed by atoms with Crippen LogP contribution in [0.15, 0.2) is 0 Å². The molecule has 0 aliphatic rings. The molecule has 2 N–H and O–H groups in total. The maximum atomic E-state index is 11.6. The predicted molar refractivity (Wildman–Crippen MR) is 74.3 cm³/mol. The molecule has 0 bridgehead atoms. The van der Waals surface area contributed by atoms with Gasteiger partial charge in [-0.2, -0.15) is 0 Å². The Bertz CT molecular complexity index is 283. The van der Waals surface area contributed by atoms with Gasteiger partial charge in [0.15, 0.2) is 0 Å². The van der Waals surface area contributed by atoms with Crippen LogP contribution >= 0.6 is 0 Å². The summed E-state index contributed by atoms with van der Waals surface area (Å²) in [6.07, 6.45) is 1.57. The number of ether oxygens (including phenoxy) is 1. The second-order valence-electron chi connectivity index (χ2n) is 4.32. The van der Waals surface area contributed by atoms with Crippen LogP contribution in [-0.4, -0.2) is 73.1 Å². The lowest BCUT2D eigenvalue weighted by Crippen LogP contribution is -2.35. The van der Waals surface area contributed by atoms with E-state index in [1.165, 1.54) is 0 Å². The third-order valence-electron chi connectivity index (χ3n) is 2.58. The Morgan fingerprint density at radius 3 is 2.50 bits per heavy atom. The van der Waals surface area contributed by atoms with E-state index in [-0.39, 0.29) is 5.75 Å². The van der Waals surface area contributed by atoms with Crippen LogP contribution in [0.25, 0.3) is 0 Å². The number of hydrogen-bond acceptors (Lipinski definition) is 5. The number of nitrogens with zero attached hydrogens (tertiary/aromatic N) is 1. The zero-order valence-electron chi connectivity index (χ0n) is 11.7. The van der Waals surface area contributed by atoms with Gasteiger partial charge in [-0.1, -0.05) is 0 Å². The number of methoxy groups -OCH3 is 1. The highest BCUT2D eigenvalue weighted by molar-refractivity contribution is 7.89. The first-order valence-electron chi connectivity index (χ1n) is 6.31. The summed E-state index contributed by atoms with van der Waals surface area (Å²) in [5.41, 5.74) is 0. The largest absolute Gasteiger partial charge is 0.383 e. The fourth-order valence-corrected chi connectivity index (χ4v) is 2.55. The van der Waals surface area contributed by atoms with Gasteiger partial charge >= 0.3 is 0 Å². The molecule has 0 rings (SSSR count). The predicted octanol–water partition coefficient (Wildman–Crippen LogP) is -0.516. The van der Waals surface area contributed by atoms with Gasteiger partial charge in [-0.3, -0.25) is 0 Å². The molecule has 0 aliphatic carbocycles. The van der Waals surface area contributed by atoms with Gasteiger partial charge in [-0.25, -0.2) is 13.1 Å². The molecule has 0 radical (unpaired) electrons. The van der Waals surface area contributed by atoms with Gasteiger partial charge in [0.1, 0.15) is 0 Å². The summed E-state index contributed by atoms with van der Waals surface area (Å²) in [6, 6.07) is 0. The van der Waals surface area contributed by atoms with E-state index in [4.69, 9.17) is 4.74 Å². The molecular weight excluding hydrogens is 254 g/mol. The number of hydrogen-bond donors (Lipinski definition) is 2. The van der Waals surface area contributed by atoms with E-state index in [1.807, 2.05) is 19.0 Å². The van der Waals surface area contributed by atoms with Crippen molar-refractivity contribution in [2.75, 3.05) is 59.7 Å². The molecule has 0 saturated heterocycles. The molecule has 0 aromatic carbocycles. The second-order valence-corrected chi connectivity index (χ2v) is 6.25. The number of unbranched alkanes of at least 4 members (excludes halogenated alkanes) is 1. The summed E-state index contributed by atoms with van der Waals surface area (Å²) in [6.45, 7) is 3.47. The first-order valence-corrected chi connectivity index (χ1v) is 7.96. The van der Waals surface area contributed by atoms with Gasteiger partial charge in [0.05, 0.1) is 12.4 Å². The van der Waals surface area contributed by atoms with Crippen LogP contribution in [0.4, 0.5) is 0 Å². The third kappa shape index (κ3) is 10.9. The normalized spacial score (nSPS) is 12.2. The number of sulfonamides is 1. The van der Waals surface area contributed by atoms with Gasteiger partial charge in [0.2, 0.25) is 10.0 Å². The quantitative estimate of drug-likeness (QED) is 0.471. The SMILES string of the molecule is CNCCCCS(=O)(=O)NCCN(C)CCOC. The zero-order valence-corrected chi connectivity index (χ0v) is 12.6. The number of rotatable bonds is 12. The molecule has 6 nitrogen and oxygen atoms in total. The van der Waals surface area contributed by atoms with E-state index in [0.717, 1.165) is 19.5 Å². The molecule has 18 heavy (non-hydrogen) atoms. The summed E-state index contributed by atoms with van der Waals surface area (Å²) in [7, 11) is 2.35. The van der Waals surface area contributed by atoms with Crippen LogP contribution in [0.3, 0.4) is 0 Å². The Balaban J connectivity index is 3.63. The van der Waals surface area contributed by atoms with Gasteiger partial charge in [-0.15, -0.1) is 0 Å². The fraction of sp³-hybridized carbons (Fsp3) is 1.00. The summed E-state index contributed by atoms with van der Waals surface area (Å²) < 4.78 is 30.8. The number of likely N-dealkylation sites (N-methyl/N-ethyl adjacent to an activating group) is 1. The Kier molecular flexibility index (Phi) is 10.6. The molecule has 0 aromatic heterocycles. The van der Waals surface area contributed by atoms with Gasteiger partial charge < -0.3 is 15.0 Å². The first-order chi connectivity index (χ1) is 8.52. The van der Waals surface area contributed by atoms with Crippen molar-refractivity contribution < 1.29 is 13.2 Å². The van der Waals surface area contributed by atoms with E-state index < -0.39 is 10.0 Å². The van der Waals surface area contributed by atoms with E-state index >= 15 is 0 Å². The highest BCUT2D eigenvalue weighted by Gasteiger charge is 2.09. The average molecular weight is 281 g/mol. The molecule has 0 amide bonds. The van der Waals surface area contributed by atoms with Crippen LogP contribution in [0.2, 0.25) is 0 Å². The summed E-state index contributed by atoms with van der Waals surface area (Å²) >= 11 is 0. The van der Waals surface area contributed by atoms with E-state index in [9.17, 15) is 8.42 Å². The van der Waals surface area contributed by atoms with Crippen molar-refractivity contribution in [2.45, 2.75) is 12.8 Å². The summed E-state index contributed by atoms with van der Waals surface area (Å²) in [5.74, 6) is 0.205. The minimum atomic E-state index is -3.11. The van der Waals surface area contributed by atoms with Crippen molar-refractivity contribution in [1.29, 1.82) is 0 Å². The fourth-order valence-electron chi connectivity index (χ4n) is 1.42. The van der Waals surface area contributed by atoms with Crippen LogP contribution in [0, 0.1) is 0 Å². The van der Waals surface area contributed by atoms with Gasteiger partial charge in [0.25, 0.3) is 0 Å². The van der Waals surface area contributed by atoms with Crippen molar-refractivity contribution in [3.8, 4) is 0 Å². The molecule has 7 heteroatoms. The zero-order chi connectivity index (χ0) is 13.9. The molecule has 0 heterocycles. The van der Waals surface area contributed by atoms with Crippen molar-refractivity contribution in [3.63, 3.8) is 0 Å². The summed E-state index contributed by atoms with van der Waals surface area (Å²) in [4.78, 5) is 2.03. The lowest BCUT2D eigenvalue weighted by atomic mass is 10.3. The molecule has 0 atom stereocenters. The van der Waals surface area contributed by atoms with Crippen LogP contribution in [0.5, 0.6) is 0 Å². The lowest BCUT2D eigenvalue weighted by Gasteiger charge is -2.16. The Labute approximate surface area is 111 Å². The molecule has 0 aliphatic heterocycles. The minimum Gasteiger partial charge on any atom is -0.383 e. The van der Waals surface area contributed by atoms with Crippen molar-refractivity contribution in [3.05, 3.63) is 0 Å². The van der Waals surface area contributed by atoms with E-state index in [1.54, 1.807) is 7.11 Å². The second kappa shape index (κ2) is 10.7. The van der Waals surface area contributed by atoms with Crippen LogP contribution in [-0.2, 0) is 14.8 Å².